The molecule has 86 valence electrons. The number of unbranched alkanes of at least 4 members (excludes halogenated alkanes) is 3. The summed E-state index contributed by atoms with van der Waals surface area (Å²) in [6, 6.07) is 0. The average molecular weight is 247 g/mol. The molecule has 4 nitrogen and oxygen atoms in total. The van der Waals surface area contributed by atoms with E-state index in [4.69, 9.17) is 10.2 Å². The van der Waals surface area contributed by atoms with Crippen molar-refractivity contribution in [3.8, 4) is 0 Å². The van der Waals surface area contributed by atoms with Crippen LogP contribution in [-0.2, 0) is 9.59 Å². The van der Waals surface area contributed by atoms with E-state index in [1.165, 1.54) is 0 Å². The highest BCUT2D eigenvalue weighted by Crippen LogP contribution is 2.04. The number of rotatable bonds is 7. The highest BCUT2D eigenvalue weighted by atomic mass is 35.5. The van der Waals surface area contributed by atoms with Crippen LogP contribution in [0, 0.1) is 0 Å². The van der Waals surface area contributed by atoms with Gasteiger partial charge in [0.2, 0.25) is 0 Å². The smallest absolute Gasteiger partial charge is 0.303 e. The summed E-state index contributed by atoms with van der Waals surface area (Å²) in [5, 5.41) is 16.5. The molecule has 0 aliphatic heterocycles. The number of carboxylic acids is 2. The Morgan fingerprint density at radius 3 is 1.21 bits per heavy atom. The van der Waals surface area contributed by atoms with Gasteiger partial charge < -0.3 is 10.2 Å². The van der Waals surface area contributed by atoms with Crippen molar-refractivity contribution in [1.29, 1.82) is 0 Å². The topological polar surface area (TPSA) is 74.6 Å². The maximum atomic E-state index is 10.0. The van der Waals surface area contributed by atoms with Crippen LogP contribution in [0.3, 0.4) is 0 Å². The largest absolute Gasteiger partial charge is 0.481 e. The normalized spacial score (nSPS) is 8.29. The predicted octanol–water partition coefficient (Wildman–Crippen LogP) is 2.34. The third-order valence-electron chi connectivity index (χ3n) is 1.53. The van der Waals surface area contributed by atoms with Crippen LogP contribution >= 0.6 is 24.8 Å². The van der Waals surface area contributed by atoms with Gasteiger partial charge in [-0.05, 0) is 12.8 Å². The molecule has 0 amide bonds. The molecule has 0 heterocycles. The van der Waals surface area contributed by atoms with Gasteiger partial charge in [0, 0.05) is 12.8 Å². The minimum Gasteiger partial charge on any atom is -0.481 e. The van der Waals surface area contributed by atoms with Gasteiger partial charge in [-0.15, -0.1) is 24.8 Å². The van der Waals surface area contributed by atoms with Crippen molar-refractivity contribution < 1.29 is 19.8 Å². The van der Waals surface area contributed by atoms with Crippen molar-refractivity contribution in [3.63, 3.8) is 0 Å². The van der Waals surface area contributed by atoms with Crippen LogP contribution in [0.25, 0.3) is 0 Å². The lowest BCUT2D eigenvalue weighted by molar-refractivity contribution is -0.138. The van der Waals surface area contributed by atoms with Gasteiger partial charge in [-0.1, -0.05) is 12.8 Å². The van der Waals surface area contributed by atoms with Crippen LogP contribution in [-0.4, -0.2) is 22.2 Å². The summed E-state index contributed by atoms with van der Waals surface area (Å²) < 4.78 is 0. The van der Waals surface area contributed by atoms with E-state index >= 15 is 0 Å². The first-order valence-corrected chi connectivity index (χ1v) is 4.06. The Bertz CT molecular complexity index is 143. The summed E-state index contributed by atoms with van der Waals surface area (Å²) in [5.41, 5.74) is 0. The van der Waals surface area contributed by atoms with E-state index in [2.05, 4.69) is 0 Å². The van der Waals surface area contributed by atoms with Gasteiger partial charge in [0.15, 0.2) is 0 Å². The lowest BCUT2D eigenvalue weighted by atomic mass is 10.1. The van der Waals surface area contributed by atoms with Crippen LogP contribution in [0.5, 0.6) is 0 Å². The molecule has 0 aromatic carbocycles. The fraction of sp³-hybridized carbons (Fsp3) is 0.750. The van der Waals surface area contributed by atoms with E-state index in [1.54, 1.807) is 0 Å². The molecule has 0 spiro atoms. The molecular formula is C8H16Cl2O4. The number of carbonyl (C=O) groups is 2. The van der Waals surface area contributed by atoms with E-state index in [9.17, 15) is 9.59 Å². The summed E-state index contributed by atoms with van der Waals surface area (Å²) in [7, 11) is 0. The summed E-state index contributed by atoms with van der Waals surface area (Å²) >= 11 is 0. The highest BCUT2D eigenvalue weighted by Gasteiger charge is 1.98. The first-order valence-electron chi connectivity index (χ1n) is 4.06. The molecule has 6 heteroatoms. The molecule has 2 N–H and O–H groups in total. The maximum Gasteiger partial charge on any atom is 0.303 e. The number of carboxylic acid groups (broad SMARTS) is 2. The number of halogens is 2. The van der Waals surface area contributed by atoms with E-state index in [1.807, 2.05) is 0 Å². The molecular weight excluding hydrogens is 231 g/mol. The molecule has 0 saturated heterocycles. The first-order chi connectivity index (χ1) is 5.63. The zero-order valence-corrected chi connectivity index (χ0v) is 9.40. The van der Waals surface area contributed by atoms with Crippen LogP contribution in [0.1, 0.15) is 38.5 Å². The van der Waals surface area contributed by atoms with Gasteiger partial charge in [-0.25, -0.2) is 0 Å². The Morgan fingerprint density at radius 1 is 0.714 bits per heavy atom. The zero-order valence-electron chi connectivity index (χ0n) is 7.77. The molecule has 14 heavy (non-hydrogen) atoms. The molecule has 0 unspecified atom stereocenters. The molecule has 0 aromatic rings. The van der Waals surface area contributed by atoms with E-state index in [-0.39, 0.29) is 37.7 Å². The van der Waals surface area contributed by atoms with Crippen LogP contribution in [0.15, 0.2) is 0 Å². The average Bonchev–Trinajstić information content (AvgIpc) is 1.95. The summed E-state index contributed by atoms with van der Waals surface area (Å²) in [5.74, 6) is -1.57. The lowest BCUT2D eigenvalue weighted by Gasteiger charge is -1.96. The number of hydrogen-bond donors (Lipinski definition) is 2. The minimum atomic E-state index is -0.784. The standard InChI is InChI=1S/C8H14O4.2ClH/c9-7(10)5-3-1-2-4-6-8(11)12;;/h1-6H2,(H,9,10)(H,11,12);2*1H. The Morgan fingerprint density at radius 2 is 1.00 bits per heavy atom. The molecule has 0 aliphatic carbocycles. The van der Waals surface area contributed by atoms with Crippen molar-refractivity contribution in [2.45, 2.75) is 38.5 Å². The third kappa shape index (κ3) is 17.6. The molecule has 0 fully saturated rings. The van der Waals surface area contributed by atoms with Crippen LogP contribution in [0.2, 0.25) is 0 Å². The minimum absolute atomic E-state index is 0. The second kappa shape index (κ2) is 12.5. The fourth-order valence-corrected chi connectivity index (χ4v) is 0.906. The predicted molar refractivity (Wildman–Crippen MR) is 57.5 cm³/mol. The molecule has 0 aromatic heterocycles. The molecule has 0 rings (SSSR count). The molecule has 0 aliphatic rings. The molecule has 0 radical (unpaired) electrons. The van der Waals surface area contributed by atoms with E-state index in [0.29, 0.717) is 12.8 Å². The second-order valence-corrected chi connectivity index (χ2v) is 2.70. The Hall–Kier alpha value is -0.480. The van der Waals surface area contributed by atoms with Gasteiger partial charge in [0.1, 0.15) is 0 Å². The lowest BCUT2D eigenvalue weighted by Crippen LogP contribution is -1.95. The van der Waals surface area contributed by atoms with Crippen LogP contribution in [0.4, 0.5) is 0 Å². The van der Waals surface area contributed by atoms with Crippen molar-refractivity contribution in [3.05, 3.63) is 0 Å². The van der Waals surface area contributed by atoms with E-state index in [0.717, 1.165) is 12.8 Å². The summed E-state index contributed by atoms with van der Waals surface area (Å²) in [4.78, 5) is 20.1. The van der Waals surface area contributed by atoms with Crippen molar-refractivity contribution in [1.82, 2.24) is 0 Å². The van der Waals surface area contributed by atoms with Crippen molar-refractivity contribution in [2.75, 3.05) is 0 Å². The first kappa shape index (κ1) is 19.1. The van der Waals surface area contributed by atoms with Gasteiger partial charge in [0.05, 0.1) is 0 Å². The van der Waals surface area contributed by atoms with Crippen molar-refractivity contribution in [2.24, 2.45) is 0 Å². The summed E-state index contributed by atoms with van der Waals surface area (Å²) in [6.45, 7) is 0. The van der Waals surface area contributed by atoms with E-state index < -0.39 is 11.9 Å². The van der Waals surface area contributed by atoms with Gasteiger partial charge in [-0.2, -0.15) is 0 Å². The monoisotopic (exact) mass is 246 g/mol. The second-order valence-electron chi connectivity index (χ2n) is 2.70. The zero-order chi connectivity index (χ0) is 9.40. The SMILES string of the molecule is Cl.Cl.O=C(O)CCCCCCC(=O)O. The third-order valence-corrected chi connectivity index (χ3v) is 1.53. The van der Waals surface area contributed by atoms with Gasteiger partial charge in [0.25, 0.3) is 0 Å². The quantitative estimate of drug-likeness (QED) is 0.677. The Labute approximate surface area is 95.5 Å². The molecule has 0 bridgehead atoms. The fourth-order valence-electron chi connectivity index (χ4n) is 0.906. The summed E-state index contributed by atoms with van der Waals surface area (Å²) in [6.07, 6.45) is 3.28. The molecule has 0 atom stereocenters. The molecule has 0 saturated carbocycles. The maximum absolute atomic E-state index is 10.0. The van der Waals surface area contributed by atoms with Crippen molar-refractivity contribution >= 4 is 36.8 Å². The highest BCUT2D eigenvalue weighted by molar-refractivity contribution is 5.85. The Kier molecular flexibility index (Phi) is 17.1. The number of aliphatic carboxylic acids is 2. The number of hydrogen-bond acceptors (Lipinski definition) is 2. The van der Waals surface area contributed by atoms with Crippen LogP contribution < -0.4 is 0 Å². The van der Waals surface area contributed by atoms with Gasteiger partial charge in [-0.3, -0.25) is 9.59 Å². The van der Waals surface area contributed by atoms with Gasteiger partial charge >= 0.3 is 11.9 Å². The Balaban J connectivity index is -0.000000605.